The maximum Gasteiger partial charge on any atom is 0.318 e. The highest BCUT2D eigenvalue weighted by atomic mass is 16.5. The Morgan fingerprint density at radius 3 is 2.88 bits per heavy atom. The van der Waals surface area contributed by atoms with Crippen molar-refractivity contribution in [3.05, 3.63) is 6.20 Å². The average Bonchev–Trinajstić information content (AvgIpc) is 2.71. The van der Waals surface area contributed by atoms with Crippen LogP contribution in [0.1, 0.15) is 19.8 Å². The second-order valence-electron chi connectivity index (χ2n) is 3.55. The van der Waals surface area contributed by atoms with Crippen molar-refractivity contribution in [1.82, 2.24) is 19.6 Å². The molecule has 0 saturated carbocycles. The quantitative estimate of drug-likeness (QED) is 0.607. The number of aromatic nitrogens is 4. The third-order valence-electron chi connectivity index (χ3n) is 2.24. The summed E-state index contributed by atoms with van der Waals surface area (Å²) < 4.78 is 11.7. The monoisotopic (exact) mass is 237 g/mol. The third kappa shape index (κ3) is 2.38. The summed E-state index contributed by atoms with van der Waals surface area (Å²) in [5, 5.41) is 0. The van der Waals surface area contributed by atoms with E-state index in [9.17, 15) is 0 Å². The molecule has 2 rings (SSSR count). The van der Waals surface area contributed by atoms with E-state index in [1.165, 1.54) is 11.8 Å². The van der Waals surface area contributed by atoms with Gasteiger partial charge in [0, 0.05) is 0 Å². The minimum Gasteiger partial charge on any atom is -0.467 e. The van der Waals surface area contributed by atoms with E-state index in [0.717, 1.165) is 12.8 Å². The Balaban J connectivity index is 2.25. The van der Waals surface area contributed by atoms with Gasteiger partial charge in [0.15, 0.2) is 5.82 Å². The molecule has 2 N–H and O–H groups in total. The first-order chi connectivity index (χ1) is 8.24. The summed E-state index contributed by atoms with van der Waals surface area (Å²) in [5.74, 6) is 6.21. The minimum absolute atomic E-state index is 0.276. The molecule has 0 aromatic heterocycles. The molecule has 17 heavy (non-hydrogen) atoms. The van der Waals surface area contributed by atoms with Crippen molar-refractivity contribution in [3.63, 3.8) is 0 Å². The molecule has 7 nitrogen and oxygen atoms in total. The van der Waals surface area contributed by atoms with E-state index in [1.54, 1.807) is 6.20 Å². The summed E-state index contributed by atoms with van der Waals surface area (Å²) in [4.78, 5) is 12.3. The van der Waals surface area contributed by atoms with Crippen LogP contribution >= 0.6 is 0 Å². The van der Waals surface area contributed by atoms with E-state index < -0.39 is 0 Å². The summed E-state index contributed by atoms with van der Waals surface area (Å²) in [6, 6.07) is 0.603. The van der Waals surface area contributed by atoms with Crippen molar-refractivity contribution in [2.24, 2.45) is 0 Å². The van der Waals surface area contributed by atoms with E-state index in [2.05, 4.69) is 21.9 Å². The number of fused-ring (bicyclic) bond motifs is 1. The maximum atomic E-state index is 5.74. The molecular formula is C10H15N5O2. The second-order valence-corrected chi connectivity index (χ2v) is 3.55. The Kier molecular flexibility index (Phi) is 3.27. The van der Waals surface area contributed by atoms with Gasteiger partial charge in [0.2, 0.25) is 0 Å². The Morgan fingerprint density at radius 1 is 1.35 bits per heavy atom. The Bertz CT molecular complexity index is 470. The van der Waals surface area contributed by atoms with Crippen LogP contribution in [0, 0.1) is 0 Å². The van der Waals surface area contributed by atoms with Crippen molar-refractivity contribution in [1.29, 1.82) is 0 Å². The van der Waals surface area contributed by atoms with Gasteiger partial charge in [-0.25, -0.2) is 4.68 Å². The number of nitrogens with two attached hydrogens (primary N) is 1. The largest absolute Gasteiger partial charge is 0.467 e. The van der Waals surface area contributed by atoms with Gasteiger partial charge >= 0.3 is 12.0 Å². The van der Waals surface area contributed by atoms with Gasteiger partial charge in [-0.3, -0.25) is 0 Å². The lowest BCUT2D eigenvalue weighted by atomic mass is 10.4. The molecule has 0 fully saturated rings. The van der Waals surface area contributed by atoms with E-state index in [-0.39, 0.29) is 6.01 Å². The molecule has 7 heteroatoms. The SMILES string of the molecule is CCCCOc1nc2nc(OC)nc-2cn1N. The molecule has 0 aromatic carbocycles. The van der Waals surface area contributed by atoms with Crippen LogP contribution in [0.4, 0.5) is 0 Å². The van der Waals surface area contributed by atoms with Gasteiger partial charge in [0.25, 0.3) is 0 Å². The van der Waals surface area contributed by atoms with Crippen molar-refractivity contribution in [3.8, 4) is 23.5 Å². The summed E-state index contributed by atoms with van der Waals surface area (Å²) >= 11 is 0. The fraction of sp³-hybridized carbons (Fsp3) is 0.500. The van der Waals surface area contributed by atoms with Crippen molar-refractivity contribution in [2.45, 2.75) is 19.8 Å². The van der Waals surface area contributed by atoms with E-state index in [0.29, 0.717) is 24.1 Å². The van der Waals surface area contributed by atoms with Gasteiger partial charge in [-0.2, -0.15) is 15.0 Å². The lowest BCUT2D eigenvalue weighted by Crippen LogP contribution is -2.16. The number of imidazole rings is 1. The molecule has 0 amide bonds. The summed E-state index contributed by atoms with van der Waals surface area (Å²) in [6.45, 7) is 2.67. The fourth-order valence-corrected chi connectivity index (χ4v) is 1.34. The van der Waals surface area contributed by atoms with E-state index >= 15 is 0 Å². The normalized spacial score (nSPS) is 10.7. The zero-order chi connectivity index (χ0) is 12.3. The molecule has 0 spiro atoms. The van der Waals surface area contributed by atoms with Crippen LogP contribution < -0.4 is 15.3 Å². The lowest BCUT2D eigenvalue weighted by Gasteiger charge is -2.09. The smallest absolute Gasteiger partial charge is 0.318 e. The van der Waals surface area contributed by atoms with Gasteiger partial charge in [-0.05, 0) is 6.42 Å². The molecule has 2 aliphatic heterocycles. The van der Waals surface area contributed by atoms with E-state index in [1.807, 2.05) is 0 Å². The molecular weight excluding hydrogens is 222 g/mol. The zero-order valence-corrected chi connectivity index (χ0v) is 9.88. The van der Waals surface area contributed by atoms with Crippen LogP contribution in [0.5, 0.6) is 12.0 Å². The maximum absolute atomic E-state index is 5.74. The van der Waals surface area contributed by atoms with E-state index in [4.69, 9.17) is 15.3 Å². The Labute approximate surface area is 98.9 Å². The molecule has 0 radical (unpaired) electrons. The van der Waals surface area contributed by atoms with Gasteiger partial charge < -0.3 is 15.3 Å². The predicted octanol–water partition coefficient (Wildman–Crippen LogP) is 0.679. The number of rotatable bonds is 5. The number of ether oxygens (including phenoxy) is 2. The molecule has 0 unspecified atom stereocenters. The number of methoxy groups -OCH3 is 1. The topological polar surface area (TPSA) is 88.1 Å². The van der Waals surface area contributed by atoms with Crippen molar-refractivity contribution >= 4 is 0 Å². The highest BCUT2D eigenvalue weighted by Gasteiger charge is 2.16. The van der Waals surface area contributed by atoms with Crippen LogP contribution in [-0.2, 0) is 0 Å². The predicted molar refractivity (Wildman–Crippen MR) is 61.5 cm³/mol. The molecule has 0 bridgehead atoms. The molecule has 0 saturated heterocycles. The number of nitrogen functional groups attached to an aromatic ring is 1. The Hall–Kier alpha value is -2.05. The highest BCUT2D eigenvalue weighted by molar-refractivity contribution is 5.51. The number of unbranched alkanes of at least 4 members (excludes halogenated alkanes) is 1. The van der Waals surface area contributed by atoms with Crippen LogP contribution in [0.2, 0.25) is 0 Å². The van der Waals surface area contributed by atoms with Crippen LogP contribution in [-0.4, -0.2) is 33.3 Å². The molecule has 2 aliphatic rings. The third-order valence-corrected chi connectivity index (χ3v) is 2.24. The van der Waals surface area contributed by atoms with Gasteiger partial charge in [-0.15, -0.1) is 0 Å². The summed E-state index contributed by atoms with van der Waals surface area (Å²) in [6.07, 6.45) is 3.62. The fourth-order valence-electron chi connectivity index (χ4n) is 1.34. The molecule has 0 aliphatic carbocycles. The van der Waals surface area contributed by atoms with Crippen molar-refractivity contribution in [2.75, 3.05) is 19.6 Å². The zero-order valence-electron chi connectivity index (χ0n) is 9.88. The van der Waals surface area contributed by atoms with Crippen LogP contribution in [0.3, 0.4) is 0 Å². The molecule has 2 heterocycles. The molecule has 0 aromatic rings. The first-order valence-corrected chi connectivity index (χ1v) is 5.43. The van der Waals surface area contributed by atoms with Gasteiger partial charge in [0.1, 0.15) is 5.69 Å². The standard InChI is InChI=1S/C10H15N5O2/c1-3-4-5-17-10-14-8-7(6-15(10)11)12-9(13-8)16-2/h6H,3-5,11H2,1-2H3. The molecule has 0 atom stereocenters. The highest BCUT2D eigenvalue weighted by Crippen LogP contribution is 2.22. The number of hydrogen-bond donors (Lipinski definition) is 1. The van der Waals surface area contributed by atoms with Crippen LogP contribution in [0.25, 0.3) is 11.5 Å². The summed E-state index contributed by atoms with van der Waals surface area (Å²) in [7, 11) is 1.50. The second kappa shape index (κ2) is 4.86. The molecule has 92 valence electrons. The minimum atomic E-state index is 0.276. The first-order valence-electron chi connectivity index (χ1n) is 5.43. The lowest BCUT2D eigenvalue weighted by molar-refractivity contribution is 0.275. The number of nitrogens with zero attached hydrogens (tertiary/aromatic N) is 4. The van der Waals surface area contributed by atoms with Crippen LogP contribution in [0.15, 0.2) is 6.20 Å². The number of hydrogen-bond acceptors (Lipinski definition) is 6. The summed E-state index contributed by atoms with van der Waals surface area (Å²) in [5.41, 5.74) is 0.576. The van der Waals surface area contributed by atoms with Crippen molar-refractivity contribution < 1.29 is 9.47 Å². The average molecular weight is 237 g/mol. The van der Waals surface area contributed by atoms with Gasteiger partial charge in [0.05, 0.1) is 19.9 Å². The van der Waals surface area contributed by atoms with Gasteiger partial charge in [-0.1, -0.05) is 13.3 Å². The Morgan fingerprint density at radius 2 is 2.18 bits per heavy atom. The first kappa shape index (κ1) is 11.4.